The Balaban J connectivity index is 1.76. The number of morpholine rings is 1. The van der Waals surface area contributed by atoms with Crippen LogP contribution in [0.5, 0.6) is 0 Å². The maximum absolute atomic E-state index is 12.8. The average molecular weight is 329 g/mol. The van der Waals surface area contributed by atoms with Gasteiger partial charge in [0.1, 0.15) is 12.4 Å². The lowest BCUT2D eigenvalue weighted by atomic mass is 10.0. The van der Waals surface area contributed by atoms with Gasteiger partial charge in [-0.15, -0.1) is 0 Å². The molecule has 3 heterocycles. The molecule has 1 aliphatic heterocycles. The summed E-state index contributed by atoms with van der Waals surface area (Å²) in [5, 5.41) is 2.81. The lowest BCUT2D eigenvalue weighted by molar-refractivity contribution is -0.154. The number of imidazole rings is 1. The number of aromatic amines is 1. The molecule has 1 fully saturated rings. The van der Waals surface area contributed by atoms with Gasteiger partial charge in [-0.25, -0.2) is 4.98 Å². The van der Waals surface area contributed by atoms with Gasteiger partial charge in [-0.1, -0.05) is 6.07 Å². The second-order valence-electron chi connectivity index (χ2n) is 5.77. The minimum Gasteiger partial charge on any atom is -0.356 e. The molecule has 2 aromatic heterocycles. The van der Waals surface area contributed by atoms with E-state index in [0.29, 0.717) is 12.4 Å². The van der Waals surface area contributed by atoms with Crippen molar-refractivity contribution in [3.05, 3.63) is 47.8 Å². The SMILES string of the molecule is Cc1cnc(CN(C)C(=O)[C@H]2OCC(=O)N[C@@H]2c2cccnc2)[nH]1. The molecule has 2 aromatic rings. The van der Waals surface area contributed by atoms with Crippen LogP contribution in [0.3, 0.4) is 0 Å². The van der Waals surface area contributed by atoms with E-state index in [0.717, 1.165) is 11.3 Å². The Bertz CT molecular complexity index is 730. The van der Waals surface area contributed by atoms with E-state index in [9.17, 15) is 9.59 Å². The van der Waals surface area contributed by atoms with Crippen LogP contribution in [0.1, 0.15) is 23.1 Å². The molecule has 0 radical (unpaired) electrons. The number of ether oxygens (including phenoxy) is 1. The van der Waals surface area contributed by atoms with Crippen LogP contribution in [-0.4, -0.2) is 51.4 Å². The molecule has 2 amide bonds. The number of rotatable bonds is 4. The van der Waals surface area contributed by atoms with Crippen molar-refractivity contribution in [3.8, 4) is 0 Å². The molecule has 24 heavy (non-hydrogen) atoms. The van der Waals surface area contributed by atoms with Crippen molar-refractivity contribution in [1.82, 2.24) is 25.2 Å². The highest BCUT2D eigenvalue weighted by atomic mass is 16.5. The van der Waals surface area contributed by atoms with Crippen molar-refractivity contribution in [2.24, 2.45) is 0 Å². The van der Waals surface area contributed by atoms with E-state index in [1.165, 1.54) is 4.90 Å². The zero-order valence-corrected chi connectivity index (χ0v) is 13.5. The number of aryl methyl sites for hydroxylation is 1. The topological polar surface area (TPSA) is 100 Å². The average Bonchev–Trinajstić information content (AvgIpc) is 3.00. The molecular weight excluding hydrogens is 310 g/mol. The van der Waals surface area contributed by atoms with E-state index in [-0.39, 0.29) is 18.4 Å². The lowest BCUT2D eigenvalue weighted by Crippen LogP contribution is -2.52. The molecule has 0 aliphatic carbocycles. The molecule has 0 aromatic carbocycles. The number of H-pyrrole nitrogens is 1. The van der Waals surface area contributed by atoms with Crippen molar-refractivity contribution in [3.63, 3.8) is 0 Å². The first kappa shape index (κ1) is 16.1. The number of pyridine rings is 1. The van der Waals surface area contributed by atoms with Crippen LogP contribution in [0, 0.1) is 6.92 Å². The van der Waals surface area contributed by atoms with Crippen LogP contribution in [0.15, 0.2) is 30.7 Å². The van der Waals surface area contributed by atoms with E-state index in [1.807, 2.05) is 13.0 Å². The summed E-state index contributed by atoms with van der Waals surface area (Å²) in [6.07, 6.45) is 4.17. The molecule has 0 unspecified atom stereocenters. The Morgan fingerprint density at radius 1 is 1.46 bits per heavy atom. The zero-order chi connectivity index (χ0) is 17.1. The molecule has 0 spiro atoms. The number of aromatic nitrogens is 3. The van der Waals surface area contributed by atoms with Crippen molar-refractivity contribution in [1.29, 1.82) is 0 Å². The fourth-order valence-electron chi connectivity index (χ4n) is 2.65. The molecule has 0 saturated carbocycles. The van der Waals surface area contributed by atoms with Gasteiger partial charge in [0.05, 0.1) is 12.6 Å². The molecule has 1 saturated heterocycles. The number of carbonyl (C=O) groups is 2. The van der Waals surface area contributed by atoms with Gasteiger partial charge in [-0.05, 0) is 18.6 Å². The Morgan fingerprint density at radius 3 is 2.96 bits per heavy atom. The summed E-state index contributed by atoms with van der Waals surface area (Å²) in [5.74, 6) is 0.219. The number of nitrogens with zero attached hydrogens (tertiary/aromatic N) is 3. The van der Waals surface area contributed by atoms with Gasteiger partial charge in [0.2, 0.25) is 5.91 Å². The minimum absolute atomic E-state index is 0.138. The first-order valence-electron chi connectivity index (χ1n) is 7.61. The van der Waals surface area contributed by atoms with Crippen molar-refractivity contribution < 1.29 is 14.3 Å². The third-order valence-corrected chi connectivity index (χ3v) is 3.82. The monoisotopic (exact) mass is 329 g/mol. The summed E-state index contributed by atoms with van der Waals surface area (Å²) >= 11 is 0. The number of carbonyl (C=O) groups excluding carboxylic acids is 2. The van der Waals surface area contributed by atoms with E-state index >= 15 is 0 Å². The first-order valence-corrected chi connectivity index (χ1v) is 7.61. The molecule has 8 nitrogen and oxygen atoms in total. The second kappa shape index (κ2) is 6.79. The molecule has 3 rings (SSSR count). The van der Waals surface area contributed by atoms with E-state index < -0.39 is 12.1 Å². The summed E-state index contributed by atoms with van der Waals surface area (Å²) < 4.78 is 5.52. The Morgan fingerprint density at radius 2 is 2.29 bits per heavy atom. The molecule has 2 N–H and O–H groups in total. The van der Waals surface area contributed by atoms with Gasteiger partial charge in [-0.3, -0.25) is 14.6 Å². The first-order chi connectivity index (χ1) is 11.5. The van der Waals surface area contributed by atoms with Crippen LogP contribution >= 0.6 is 0 Å². The summed E-state index contributed by atoms with van der Waals surface area (Å²) in [6, 6.07) is 3.00. The smallest absolute Gasteiger partial charge is 0.254 e. The van der Waals surface area contributed by atoms with E-state index in [2.05, 4.69) is 20.3 Å². The maximum atomic E-state index is 12.8. The Hall–Kier alpha value is -2.74. The van der Waals surface area contributed by atoms with E-state index in [4.69, 9.17) is 4.74 Å². The van der Waals surface area contributed by atoms with Crippen LogP contribution < -0.4 is 5.32 Å². The van der Waals surface area contributed by atoms with Gasteiger partial charge < -0.3 is 19.9 Å². The van der Waals surface area contributed by atoms with Gasteiger partial charge in [0.15, 0.2) is 6.10 Å². The third-order valence-electron chi connectivity index (χ3n) is 3.82. The highest BCUT2D eigenvalue weighted by molar-refractivity contribution is 5.86. The lowest BCUT2D eigenvalue weighted by Gasteiger charge is -2.33. The number of amides is 2. The number of likely N-dealkylation sites (N-methyl/N-ethyl adjacent to an activating group) is 1. The summed E-state index contributed by atoms with van der Waals surface area (Å²) in [6.45, 7) is 2.09. The summed E-state index contributed by atoms with van der Waals surface area (Å²) in [4.78, 5) is 37.3. The highest BCUT2D eigenvalue weighted by Gasteiger charge is 2.37. The summed E-state index contributed by atoms with van der Waals surface area (Å²) in [5.41, 5.74) is 1.66. The number of hydrogen-bond donors (Lipinski definition) is 2. The van der Waals surface area contributed by atoms with Crippen LogP contribution in [0.4, 0.5) is 0 Å². The predicted molar refractivity (Wildman–Crippen MR) is 84.7 cm³/mol. The zero-order valence-electron chi connectivity index (χ0n) is 13.5. The Labute approximate surface area is 139 Å². The second-order valence-corrected chi connectivity index (χ2v) is 5.77. The molecule has 0 bridgehead atoms. The number of nitrogens with one attached hydrogen (secondary N) is 2. The van der Waals surface area contributed by atoms with Crippen molar-refractivity contribution in [2.45, 2.75) is 25.6 Å². The van der Waals surface area contributed by atoms with Gasteiger partial charge in [0, 0.05) is 31.3 Å². The van der Waals surface area contributed by atoms with Crippen LogP contribution in [0.25, 0.3) is 0 Å². The van der Waals surface area contributed by atoms with Gasteiger partial charge >= 0.3 is 0 Å². The van der Waals surface area contributed by atoms with Crippen LogP contribution in [0.2, 0.25) is 0 Å². The molecular formula is C16H19N5O3. The third kappa shape index (κ3) is 3.43. The molecule has 2 atom stereocenters. The van der Waals surface area contributed by atoms with Gasteiger partial charge in [-0.2, -0.15) is 0 Å². The van der Waals surface area contributed by atoms with Gasteiger partial charge in [0.25, 0.3) is 5.91 Å². The fraction of sp³-hybridized carbons (Fsp3) is 0.375. The van der Waals surface area contributed by atoms with Crippen molar-refractivity contribution >= 4 is 11.8 Å². The normalized spacial score (nSPS) is 20.5. The largest absolute Gasteiger partial charge is 0.356 e. The molecule has 8 heteroatoms. The molecule has 1 aliphatic rings. The minimum atomic E-state index is -0.798. The standard InChI is InChI=1S/C16H19N5O3/c1-10-6-18-12(19-10)8-21(2)16(23)15-14(20-13(22)9-24-15)11-4-3-5-17-7-11/h3-7,14-15H,8-9H2,1-2H3,(H,18,19)(H,20,22)/t14-,15+/m1/s1. The number of hydrogen-bond acceptors (Lipinski definition) is 5. The quantitative estimate of drug-likeness (QED) is 0.842. The molecule has 126 valence electrons. The fourth-order valence-corrected chi connectivity index (χ4v) is 2.65. The maximum Gasteiger partial charge on any atom is 0.254 e. The predicted octanol–water partition coefficient (Wildman–Crippen LogP) is 0.328. The van der Waals surface area contributed by atoms with E-state index in [1.54, 1.807) is 31.7 Å². The summed E-state index contributed by atoms with van der Waals surface area (Å²) in [7, 11) is 1.68. The highest BCUT2D eigenvalue weighted by Crippen LogP contribution is 2.23. The van der Waals surface area contributed by atoms with Crippen molar-refractivity contribution in [2.75, 3.05) is 13.7 Å². The van der Waals surface area contributed by atoms with Crippen LogP contribution in [-0.2, 0) is 20.9 Å². The Kier molecular flexibility index (Phi) is 4.57.